The molecule has 1 atom stereocenters. The first-order chi connectivity index (χ1) is 9.88. The number of amides is 1. The van der Waals surface area contributed by atoms with Gasteiger partial charge in [-0.05, 0) is 36.5 Å². The number of rotatable bonds is 2. The van der Waals surface area contributed by atoms with Crippen molar-refractivity contribution in [3.05, 3.63) is 28.1 Å². The van der Waals surface area contributed by atoms with Gasteiger partial charge < -0.3 is 11.1 Å². The molecule has 21 heavy (non-hydrogen) atoms. The molecule has 1 fully saturated rings. The highest BCUT2D eigenvalue weighted by molar-refractivity contribution is 7.21. The van der Waals surface area contributed by atoms with Gasteiger partial charge in [-0.3, -0.25) is 4.79 Å². The van der Waals surface area contributed by atoms with Crippen molar-refractivity contribution in [2.45, 2.75) is 39.2 Å². The fourth-order valence-corrected chi connectivity index (χ4v) is 4.38. The van der Waals surface area contributed by atoms with Gasteiger partial charge in [0, 0.05) is 21.2 Å². The van der Waals surface area contributed by atoms with Crippen LogP contribution in [0.4, 0.5) is 5.69 Å². The number of carbonyl (C=O) groups is 1. The van der Waals surface area contributed by atoms with Gasteiger partial charge in [0.15, 0.2) is 0 Å². The smallest absolute Gasteiger partial charge is 0.263 e. The number of nitrogens with two attached hydrogens (primary N) is 1. The minimum absolute atomic E-state index is 0.0650. The third-order valence-corrected chi connectivity index (χ3v) is 5.86. The van der Waals surface area contributed by atoms with E-state index in [4.69, 9.17) is 17.3 Å². The number of benzene rings is 1. The van der Waals surface area contributed by atoms with E-state index in [-0.39, 0.29) is 17.4 Å². The van der Waals surface area contributed by atoms with E-state index in [1.54, 1.807) is 6.07 Å². The Labute approximate surface area is 133 Å². The fourth-order valence-electron chi connectivity index (χ4n) is 3.08. The van der Waals surface area contributed by atoms with Crippen molar-refractivity contribution in [3.8, 4) is 0 Å². The summed E-state index contributed by atoms with van der Waals surface area (Å²) in [4.78, 5) is 13.1. The lowest BCUT2D eigenvalue weighted by Gasteiger charge is -2.27. The van der Waals surface area contributed by atoms with Crippen LogP contribution < -0.4 is 11.1 Å². The maximum Gasteiger partial charge on any atom is 0.263 e. The summed E-state index contributed by atoms with van der Waals surface area (Å²) >= 11 is 7.41. The summed E-state index contributed by atoms with van der Waals surface area (Å²) in [5.74, 6) is -0.0650. The second kappa shape index (κ2) is 5.18. The van der Waals surface area contributed by atoms with E-state index in [1.807, 2.05) is 12.1 Å². The largest absolute Gasteiger partial charge is 0.397 e. The zero-order valence-corrected chi connectivity index (χ0v) is 13.8. The standard InChI is InChI=1S/C16H19ClN2OS/c1-16(2)7-3-4-12(16)19-15(20)14-13(18)10-6-5-9(17)8-11(10)21-14/h5-6,8,12H,3-4,7,18H2,1-2H3,(H,19,20). The molecule has 1 aromatic heterocycles. The number of hydrogen-bond acceptors (Lipinski definition) is 3. The van der Waals surface area contributed by atoms with Crippen molar-refractivity contribution >= 4 is 44.6 Å². The number of thiophene rings is 1. The molecule has 0 radical (unpaired) electrons. The maximum absolute atomic E-state index is 12.6. The van der Waals surface area contributed by atoms with Crippen LogP contribution in [0.3, 0.4) is 0 Å². The van der Waals surface area contributed by atoms with Crippen molar-refractivity contribution in [2.24, 2.45) is 5.41 Å². The first-order valence-electron chi connectivity index (χ1n) is 7.17. The Bertz CT molecular complexity index is 708. The fraction of sp³-hybridized carbons (Fsp3) is 0.438. The van der Waals surface area contributed by atoms with Crippen LogP contribution >= 0.6 is 22.9 Å². The first kappa shape index (κ1) is 14.7. The summed E-state index contributed by atoms with van der Waals surface area (Å²) in [6.07, 6.45) is 3.35. The molecule has 1 aliphatic rings. The van der Waals surface area contributed by atoms with E-state index in [1.165, 1.54) is 11.3 Å². The molecule has 1 aliphatic carbocycles. The van der Waals surface area contributed by atoms with Gasteiger partial charge in [-0.15, -0.1) is 11.3 Å². The SMILES string of the molecule is CC1(C)CCCC1NC(=O)c1sc2cc(Cl)ccc2c1N. The highest BCUT2D eigenvalue weighted by atomic mass is 35.5. The van der Waals surface area contributed by atoms with Crippen molar-refractivity contribution in [1.29, 1.82) is 0 Å². The predicted octanol–water partition coefficient (Wildman–Crippen LogP) is 4.45. The zero-order chi connectivity index (χ0) is 15.2. The molecule has 1 amide bonds. The Kier molecular flexibility index (Phi) is 3.62. The van der Waals surface area contributed by atoms with Crippen LogP contribution in [0.2, 0.25) is 5.02 Å². The number of nitrogens with one attached hydrogen (secondary N) is 1. The molecule has 0 saturated heterocycles. The second-order valence-electron chi connectivity index (χ2n) is 6.39. The lowest BCUT2D eigenvalue weighted by atomic mass is 9.87. The first-order valence-corrected chi connectivity index (χ1v) is 8.36. The average Bonchev–Trinajstić information content (AvgIpc) is 2.90. The third-order valence-electron chi connectivity index (χ3n) is 4.46. The molecule has 3 nitrogen and oxygen atoms in total. The second-order valence-corrected chi connectivity index (χ2v) is 7.88. The average molecular weight is 323 g/mol. The molecule has 2 aromatic rings. The van der Waals surface area contributed by atoms with E-state index in [0.29, 0.717) is 15.6 Å². The normalized spacial score (nSPS) is 20.8. The highest BCUT2D eigenvalue weighted by Gasteiger charge is 2.36. The topological polar surface area (TPSA) is 55.1 Å². The number of hydrogen-bond donors (Lipinski definition) is 2. The van der Waals surface area contributed by atoms with E-state index < -0.39 is 0 Å². The summed E-state index contributed by atoms with van der Waals surface area (Å²) in [5.41, 5.74) is 6.85. The monoisotopic (exact) mass is 322 g/mol. The summed E-state index contributed by atoms with van der Waals surface area (Å²) in [7, 11) is 0. The molecule has 0 spiro atoms. The van der Waals surface area contributed by atoms with Gasteiger partial charge in [0.2, 0.25) is 0 Å². The Morgan fingerprint density at radius 3 is 2.90 bits per heavy atom. The van der Waals surface area contributed by atoms with E-state index in [0.717, 1.165) is 29.3 Å². The molecule has 0 bridgehead atoms. The van der Waals surface area contributed by atoms with Crippen molar-refractivity contribution < 1.29 is 4.79 Å². The molecule has 112 valence electrons. The lowest BCUT2D eigenvalue weighted by Crippen LogP contribution is -2.41. The van der Waals surface area contributed by atoms with E-state index in [9.17, 15) is 4.79 Å². The summed E-state index contributed by atoms with van der Waals surface area (Å²) in [6, 6.07) is 5.75. The van der Waals surface area contributed by atoms with Crippen molar-refractivity contribution in [3.63, 3.8) is 0 Å². The predicted molar refractivity (Wildman–Crippen MR) is 90.1 cm³/mol. The van der Waals surface area contributed by atoms with Crippen LogP contribution in [-0.4, -0.2) is 11.9 Å². The molecule has 1 heterocycles. The van der Waals surface area contributed by atoms with Gasteiger partial charge in [0.1, 0.15) is 4.88 Å². The summed E-state index contributed by atoms with van der Waals surface area (Å²) in [6.45, 7) is 4.41. The molecule has 0 aliphatic heterocycles. The highest BCUT2D eigenvalue weighted by Crippen LogP contribution is 2.39. The quantitative estimate of drug-likeness (QED) is 0.858. The minimum atomic E-state index is -0.0650. The molecular formula is C16H19ClN2OS. The van der Waals surface area contributed by atoms with E-state index in [2.05, 4.69) is 19.2 Å². The molecular weight excluding hydrogens is 304 g/mol. The van der Waals surface area contributed by atoms with Crippen molar-refractivity contribution in [1.82, 2.24) is 5.32 Å². The van der Waals surface area contributed by atoms with E-state index >= 15 is 0 Å². The number of anilines is 1. The third kappa shape index (κ3) is 2.62. The number of carbonyl (C=O) groups excluding carboxylic acids is 1. The maximum atomic E-state index is 12.6. The Balaban J connectivity index is 1.90. The molecule has 1 aromatic carbocycles. The Hall–Kier alpha value is -1.26. The van der Waals surface area contributed by atoms with Crippen molar-refractivity contribution in [2.75, 3.05) is 5.73 Å². The summed E-state index contributed by atoms with van der Waals surface area (Å²) < 4.78 is 0.954. The van der Waals surface area contributed by atoms with Crippen LogP contribution in [0, 0.1) is 5.41 Å². The van der Waals surface area contributed by atoms with Gasteiger partial charge in [-0.2, -0.15) is 0 Å². The van der Waals surface area contributed by atoms with Gasteiger partial charge in [0.05, 0.1) is 5.69 Å². The Morgan fingerprint density at radius 2 is 2.24 bits per heavy atom. The number of halogens is 1. The molecule has 5 heteroatoms. The number of nitrogen functional groups attached to an aromatic ring is 1. The number of fused-ring (bicyclic) bond motifs is 1. The van der Waals surface area contributed by atoms with Crippen LogP contribution in [0.25, 0.3) is 10.1 Å². The van der Waals surface area contributed by atoms with Crippen LogP contribution in [0.15, 0.2) is 18.2 Å². The van der Waals surface area contributed by atoms with Gasteiger partial charge >= 0.3 is 0 Å². The molecule has 3 N–H and O–H groups in total. The molecule has 1 saturated carbocycles. The van der Waals surface area contributed by atoms with Gasteiger partial charge in [-0.25, -0.2) is 0 Å². The van der Waals surface area contributed by atoms with Crippen LogP contribution in [-0.2, 0) is 0 Å². The summed E-state index contributed by atoms with van der Waals surface area (Å²) in [5, 5.41) is 4.72. The molecule has 3 rings (SSSR count). The van der Waals surface area contributed by atoms with Crippen LogP contribution in [0.1, 0.15) is 42.8 Å². The Morgan fingerprint density at radius 1 is 1.48 bits per heavy atom. The van der Waals surface area contributed by atoms with Crippen LogP contribution in [0.5, 0.6) is 0 Å². The zero-order valence-electron chi connectivity index (χ0n) is 12.2. The van der Waals surface area contributed by atoms with Gasteiger partial charge in [0.25, 0.3) is 5.91 Å². The molecule has 1 unspecified atom stereocenters. The minimum Gasteiger partial charge on any atom is -0.397 e. The van der Waals surface area contributed by atoms with Gasteiger partial charge in [-0.1, -0.05) is 31.9 Å². The lowest BCUT2D eigenvalue weighted by molar-refractivity contribution is 0.0915.